The summed E-state index contributed by atoms with van der Waals surface area (Å²) in [6, 6.07) is 19.6. The molecule has 0 saturated heterocycles. The molecule has 1 amide bonds. The normalized spacial score (nSPS) is 15.4. The first-order valence-corrected chi connectivity index (χ1v) is 13.5. The SMILES string of the molecule is CC(C)(C)[C@@H]1CCc2c(sc(N=Cc3ccc(-c4ccccc4C(=O)O)o3)c2C(=O)Nc2ccccc2)C1. The molecule has 0 saturated carbocycles. The second kappa shape index (κ2) is 10.4. The molecule has 0 fully saturated rings. The first-order chi connectivity index (χ1) is 18.2. The zero-order valence-electron chi connectivity index (χ0n) is 21.7. The Balaban J connectivity index is 1.48. The predicted molar refractivity (Wildman–Crippen MR) is 152 cm³/mol. The first-order valence-electron chi connectivity index (χ1n) is 12.7. The van der Waals surface area contributed by atoms with Crippen molar-refractivity contribution in [3.05, 3.63) is 94.1 Å². The van der Waals surface area contributed by atoms with E-state index in [1.807, 2.05) is 30.3 Å². The number of carboxylic acids is 1. The van der Waals surface area contributed by atoms with Crippen LogP contribution in [0.5, 0.6) is 0 Å². The Hall–Kier alpha value is -3.97. The third-order valence-corrected chi connectivity index (χ3v) is 8.25. The number of carboxylic acid groups (broad SMARTS) is 1. The smallest absolute Gasteiger partial charge is 0.336 e. The van der Waals surface area contributed by atoms with Crippen LogP contribution in [0.3, 0.4) is 0 Å². The van der Waals surface area contributed by atoms with Crippen LogP contribution in [0, 0.1) is 11.3 Å². The highest BCUT2D eigenvalue weighted by atomic mass is 32.1. The molecule has 1 atom stereocenters. The van der Waals surface area contributed by atoms with Gasteiger partial charge in [-0.25, -0.2) is 9.79 Å². The summed E-state index contributed by atoms with van der Waals surface area (Å²) in [5, 5.41) is 13.2. The molecule has 2 aromatic heterocycles. The zero-order chi connectivity index (χ0) is 26.9. The van der Waals surface area contributed by atoms with Gasteiger partial charge in [-0.2, -0.15) is 0 Å². The van der Waals surface area contributed by atoms with Crippen molar-refractivity contribution < 1.29 is 19.1 Å². The number of fused-ring (bicyclic) bond motifs is 1. The number of nitrogens with zero attached hydrogens (tertiary/aromatic N) is 1. The topological polar surface area (TPSA) is 91.9 Å². The maximum absolute atomic E-state index is 13.5. The van der Waals surface area contributed by atoms with Gasteiger partial charge in [-0.1, -0.05) is 57.2 Å². The molecule has 2 aromatic carbocycles. The standard InChI is InChI=1S/C31H30N2O4S/c1-31(2,3)19-13-15-24-26(17-19)38-29(27(24)28(34)33-20-9-5-4-6-10-20)32-18-21-14-16-25(37-21)22-11-7-8-12-23(22)30(35)36/h4-12,14,16,18-19H,13,15,17H2,1-3H3,(H,33,34)(H,35,36)/t19-/m1/s1. The highest BCUT2D eigenvalue weighted by molar-refractivity contribution is 7.16. The minimum absolute atomic E-state index is 0.162. The molecule has 6 nitrogen and oxygen atoms in total. The third-order valence-electron chi connectivity index (χ3n) is 7.09. The van der Waals surface area contributed by atoms with Crippen LogP contribution in [0.25, 0.3) is 11.3 Å². The van der Waals surface area contributed by atoms with E-state index in [-0.39, 0.29) is 16.9 Å². The van der Waals surface area contributed by atoms with Gasteiger partial charge in [0.2, 0.25) is 0 Å². The van der Waals surface area contributed by atoms with Crippen LogP contribution in [0.1, 0.15) is 64.1 Å². The fourth-order valence-electron chi connectivity index (χ4n) is 4.92. The van der Waals surface area contributed by atoms with E-state index < -0.39 is 5.97 Å². The molecular weight excluding hydrogens is 496 g/mol. The second-order valence-electron chi connectivity index (χ2n) is 10.6. The molecular formula is C31H30N2O4S. The number of furan rings is 1. The van der Waals surface area contributed by atoms with E-state index in [4.69, 9.17) is 9.41 Å². The number of rotatable bonds is 6. The Morgan fingerprint density at radius 1 is 1.05 bits per heavy atom. The summed E-state index contributed by atoms with van der Waals surface area (Å²) in [4.78, 5) is 31.1. The molecule has 1 aliphatic carbocycles. The Bertz CT molecular complexity index is 1510. The van der Waals surface area contributed by atoms with Crippen molar-refractivity contribution >= 4 is 40.1 Å². The zero-order valence-corrected chi connectivity index (χ0v) is 22.5. The van der Waals surface area contributed by atoms with Gasteiger partial charge in [0.05, 0.1) is 17.3 Å². The molecule has 2 N–H and O–H groups in total. The lowest BCUT2D eigenvalue weighted by molar-refractivity contribution is 0.0697. The molecule has 4 aromatic rings. The summed E-state index contributed by atoms with van der Waals surface area (Å²) in [6.07, 6.45) is 4.41. The van der Waals surface area contributed by atoms with Gasteiger partial charge in [-0.15, -0.1) is 11.3 Å². The van der Waals surface area contributed by atoms with Crippen molar-refractivity contribution in [2.45, 2.75) is 40.0 Å². The van der Waals surface area contributed by atoms with Crippen LogP contribution >= 0.6 is 11.3 Å². The molecule has 1 aliphatic rings. The quantitative estimate of drug-likeness (QED) is 0.250. The number of anilines is 1. The van der Waals surface area contributed by atoms with Gasteiger partial charge in [0.15, 0.2) is 0 Å². The van der Waals surface area contributed by atoms with Gasteiger partial charge in [0.25, 0.3) is 5.91 Å². The highest BCUT2D eigenvalue weighted by Gasteiger charge is 2.33. The van der Waals surface area contributed by atoms with Crippen LogP contribution in [0.15, 0.2) is 76.1 Å². The van der Waals surface area contributed by atoms with Crippen molar-refractivity contribution in [3.63, 3.8) is 0 Å². The lowest BCUT2D eigenvalue weighted by Gasteiger charge is -2.33. The van der Waals surface area contributed by atoms with Gasteiger partial charge in [-0.05, 0) is 66.5 Å². The number of nitrogens with one attached hydrogen (secondary N) is 1. The molecule has 194 valence electrons. The number of amides is 1. The van der Waals surface area contributed by atoms with Crippen molar-refractivity contribution in [2.75, 3.05) is 5.32 Å². The summed E-state index contributed by atoms with van der Waals surface area (Å²) in [5.74, 6) is 0.292. The number of hydrogen-bond donors (Lipinski definition) is 2. The molecule has 38 heavy (non-hydrogen) atoms. The largest absolute Gasteiger partial charge is 0.478 e. The van der Waals surface area contributed by atoms with Crippen LogP contribution in [-0.2, 0) is 12.8 Å². The predicted octanol–water partition coefficient (Wildman–Crippen LogP) is 7.86. The summed E-state index contributed by atoms with van der Waals surface area (Å²) < 4.78 is 5.93. The van der Waals surface area contributed by atoms with Crippen molar-refractivity contribution in [1.82, 2.24) is 0 Å². The summed E-state index contributed by atoms with van der Waals surface area (Å²) in [6.45, 7) is 6.82. The lowest BCUT2D eigenvalue weighted by atomic mass is 9.72. The van der Waals surface area contributed by atoms with Crippen LogP contribution in [0.2, 0.25) is 0 Å². The maximum atomic E-state index is 13.5. The Labute approximate surface area is 226 Å². The number of hydrogen-bond acceptors (Lipinski definition) is 5. The fraction of sp³-hybridized carbons (Fsp3) is 0.258. The molecule has 0 bridgehead atoms. The molecule has 0 radical (unpaired) electrons. The number of carbonyl (C=O) groups is 2. The maximum Gasteiger partial charge on any atom is 0.336 e. The monoisotopic (exact) mass is 526 g/mol. The summed E-state index contributed by atoms with van der Waals surface area (Å²) in [7, 11) is 0. The molecule has 0 aliphatic heterocycles. The van der Waals surface area contributed by atoms with Crippen LogP contribution < -0.4 is 5.32 Å². The molecule has 0 spiro atoms. The molecule has 2 heterocycles. The Morgan fingerprint density at radius 2 is 1.79 bits per heavy atom. The molecule has 5 rings (SSSR count). The van der Waals surface area contributed by atoms with E-state index in [1.54, 1.807) is 53.9 Å². The van der Waals surface area contributed by atoms with Gasteiger partial charge >= 0.3 is 5.97 Å². The van der Waals surface area contributed by atoms with Crippen LogP contribution in [0.4, 0.5) is 10.7 Å². The number of aliphatic imine (C=N–C) groups is 1. The average molecular weight is 527 g/mol. The van der Waals surface area contributed by atoms with E-state index in [0.29, 0.717) is 33.6 Å². The Morgan fingerprint density at radius 3 is 2.53 bits per heavy atom. The van der Waals surface area contributed by atoms with Gasteiger partial charge in [-0.3, -0.25) is 4.79 Å². The number of thiophene rings is 1. The summed E-state index contributed by atoms with van der Waals surface area (Å²) in [5.41, 5.74) is 3.32. The number of para-hydroxylation sites is 1. The van der Waals surface area contributed by atoms with Gasteiger partial charge in [0, 0.05) is 16.1 Å². The average Bonchev–Trinajstić information content (AvgIpc) is 3.51. The third kappa shape index (κ3) is 5.34. The van der Waals surface area contributed by atoms with Crippen LogP contribution in [-0.4, -0.2) is 23.2 Å². The highest BCUT2D eigenvalue weighted by Crippen LogP contribution is 2.45. The van der Waals surface area contributed by atoms with E-state index in [1.165, 1.54) is 4.88 Å². The number of carbonyl (C=O) groups excluding carboxylic acids is 1. The number of aromatic carboxylic acids is 1. The fourth-order valence-corrected chi connectivity index (χ4v) is 6.19. The minimum atomic E-state index is -1.01. The lowest BCUT2D eigenvalue weighted by Crippen LogP contribution is -2.27. The first kappa shape index (κ1) is 25.7. The van der Waals surface area contributed by atoms with E-state index >= 15 is 0 Å². The van der Waals surface area contributed by atoms with Crippen molar-refractivity contribution in [2.24, 2.45) is 16.3 Å². The van der Waals surface area contributed by atoms with Crippen molar-refractivity contribution in [1.29, 1.82) is 0 Å². The van der Waals surface area contributed by atoms with Gasteiger partial charge in [0.1, 0.15) is 16.5 Å². The molecule has 7 heteroatoms. The minimum Gasteiger partial charge on any atom is -0.478 e. The van der Waals surface area contributed by atoms with E-state index in [2.05, 4.69) is 26.1 Å². The summed E-state index contributed by atoms with van der Waals surface area (Å²) >= 11 is 1.57. The molecule has 0 unspecified atom stereocenters. The second-order valence-corrected chi connectivity index (χ2v) is 11.7. The van der Waals surface area contributed by atoms with Crippen molar-refractivity contribution in [3.8, 4) is 11.3 Å². The van der Waals surface area contributed by atoms with E-state index in [9.17, 15) is 14.7 Å². The number of benzene rings is 2. The van der Waals surface area contributed by atoms with E-state index in [0.717, 1.165) is 30.5 Å². The Kier molecular flexibility index (Phi) is 7.04. The van der Waals surface area contributed by atoms with Gasteiger partial charge < -0.3 is 14.8 Å².